The SMILES string of the molecule is NCCOCCOCCN[O-]. The van der Waals surface area contributed by atoms with Crippen molar-refractivity contribution in [3.05, 3.63) is 5.21 Å². The molecule has 68 valence electrons. The van der Waals surface area contributed by atoms with Crippen LogP contribution in [0.15, 0.2) is 0 Å². The van der Waals surface area contributed by atoms with Gasteiger partial charge in [0.25, 0.3) is 0 Å². The average molecular weight is 163 g/mol. The highest BCUT2D eigenvalue weighted by Gasteiger charge is 1.86. The molecule has 0 saturated carbocycles. The topological polar surface area (TPSA) is 79.6 Å². The zero-order chi connectivity index (χ0) is 8.36. The van der Waals surface area contributed by atoms with Crippen molar-refractivity contribution in [1.29, 1.82) is 0 Å². The van der Waals surface area contributed by atoms with Gasteiger partial charge in [-0.05, 0) is 0 Å². The van der Waals surface area contributed by atoms with E-state index in [0.29, 0.717) is 39.5 Å². The maximum Gasteiger partial charge on any atom is 0.0701 e. The Morgan fingerprint density at radius 3 is 2.27 bits per heavy atom. The van der Waals surface area contributed by atoms with E-state index in [1.54, 1.807) is 5.48 Å². The lowest BCUT2D eigenvalue weighted by molar-refractivity contribution is 0.0526. The van der Waals surface area contributed by atoms with E-state index in [-0.39, 0.29) is 0 Å². The van der Waals surface area contributed by atoms with E-state index in [0.717, 1.165) is 0 Å². The molecule has 0 radical (unpaired) electrons. The third-order valence-electron chi connectivity index (χ3n) is 0.983. The van der Waals surface area contributed by atoms with Crippen molar-refractivity contribution in [3.8, 4) is 0 Å². The van der Waals surface area contributed by atoms with E-state index in [4.69, 9.17) is 15.2 Å². The Bertz CT molecular complexity index is 64.8. The number of ether oxygens (including phenoxy) is 2. The van der Waals surface area contributed by atoms with Crippen LogP contribution < -0.4 is 11.2 Å². The van der Waals surface area contributed by atoms with Crippen molar-refractivity contribution in [1.82, 2.24) is 5.48 Å². The average Bonchev–Trinajstić information content (AvgIpc) is 2.03. The van der Waals surface area contributed by atoms with Crippen molar-refractivity contribution in [3.63, 3.8) is 0 Å². The standard InChI is InChI=1S/C6H15N2O3/c7-1-3-10-5-6-11-4-2-8-9/h8H,1-7H2/q-1. The second-order valence-corrected chi connectivity index (χ2v) is 1.91. The quantitative estimate of drug-likeness (QED) is 0.357. The number of nitrogens with two attached hydrogens (primary N) is 1. The van der Waals surface area contributed by atoms with Gasteiger partial charge in [-0.15, -0.1) is 0 Å². The van der Waals surface area contributed by atoms with Gasteiger partial charge < -0.3 is 25.9 Å². The van der Waals surface area contributed by atoms with E-state index in [2.05, 4.69) is 0 Å². The molecular formula is C6H15N2O3-. The Kier molecular flexibility index (Phi) is 9.62. The molecule has 0 aliphatic carbocycles. The maximum atomic E-state index is 9.69. The van der Waals surface area contributed by atoms with Crippen molar-refractivity contribution in [2.24, 2.45) is 5.73 Å². The van der Waals surface area contributed by atoms with Crippen LogP contribution in [0.2, 0.25) is 0 Å². The molecule has 0 aliphatic rings. The van der Waals surface area contributed by atoms with Gasteiger partial charge in [-0.2, -0.15) is 0 Å². The number of hydroxylamine groups is 1. The summed E-state index contributed by atoms with van der Waals surface area (Å²) in [4.78, 5) is 0. The predicted octanol–water partition coefficient (Wildman–Crippen LogP) is -0.934. The van der Waals surface area contributed by atoms with Crippen LogP contribution in [0.25, 0.3) is 0 Å². The molecule has 0 aromatic carbocycles. The molecule has 0 amide bonds. The fourth-order valence-electron chi connectivity index (χ4n) is 0.519. The summed E-state index contributed by atoms with van der Waals surface area (Å²) in [5.41, 5.74) is 6.91. The third kappa shape index (κ3) is 9.80. The van der Waals surface area contributed by atoms with Crippen LogP contribution in [0.4, 0.5) is 0 Å². The summed E-state index contributed by atoms with van der Waals surface area (Å²) >= 11 is 0. The van der Waals surface area contributed by atoms with Crippen LogP contribution in [0.3, 0.4) is 0 Å². The number of hydrogen-bond donors (Lipinski definition) is 2. The van der Waals surface area contributed by atoms with E-state index < -0.39 is 0 Å². The van der Waals surface area contributed by atoms with E-state index in [9.17, 15) is 5.21 Å². The predicted molar refractivity (Wildman–Crippen MR) is 42.1 cm³/mol. The number of hydrogen-bond acceptors (Lipinski definition) is 5. The summed E-state index contributed by atoms with van der Waals surface area (Å²) < 4.78 is 10.0. The minimum Gasteiger partial charge on any atom is -0.788 e. The molecule has 0 bridgehead atoms. The molecule has 0 unspecified atom stereocenters. The van der Waals surface area contributed by atoms with Crippen LogP contribution in [0.5, 0.6) is 0 Å². The fourth-order valence-corrected chi connectivity index (χ4v) is 0.519. The Morgan fingerprint density at radius 2 is 1.73 bits per heavy atom. The monoisotopic (exact) mass is 163 g/mol. The highest BCUT2D eigenvalue weighted by molar-refractivity contribution is 4.41. The van der Waals surface area contributed by atoms with Crippen LogP contribution in [-0.4, -0.2) is 39.5 Å². The molecule has 0 spiro atoms. The summed E-state index contributed by atoms with van der Waals surface area (Å²) in [6.07, 6.45) is 0. The first-order valence-electron chi connectivity index (χ1n) is 3.62. The summed E-state index contributed by atoms with van der Waals surface area (Å²) in [6.45, 7) is 2.90. The molecule has 0 saturated heterocycles. The molecule has 0 aromatic heterocycles. The van der Waals surface area contributed by atoms with Crippen LogP contribution in [0.1, 0.15) is 0 Å². The second-order valence-electron chi connectivity index (χ2n) is 1.91. The molecule has 0 aliphatic heterocycles. The van der Waals surface area contributed by atoms with Crippen LogP contribution in [0, 0.1) is 5.21 Å². The normalized spacial score (nSPS) is 10.4. The minimum absolute atomic E-state index is 0.330. The lowest BCUT2D eigenvalue weighted by Crippen LogP contribution is -2.16. The first-order chi connectivity index (χ1) is 5.41. The van der Waals surface area contributed by atoms with Gasteiger partial charge in [0.1, 0.15) is 0 Å². The van der Waals surface area contributed by atoms with Gasteiger partial charge >= 0.3 is 0 Å². The molecule has 0 aromatic rings. The smallest absolute Gasteiger partial charge is 0.0701 e. The minimum atomic E-state index is 0.330. The molecule has 0 fully saturated rings. The maximum absolute atomic E-state index is 9.69. The van der Waals surface area contributed by atoms with Gasteiger partial charge in [0, 0.05) is 13.1 Å². The summed E-state index contributed by atoms with van der Waals surface area (Å²) in [6, 6.07) is 0. The van der Waals surface area contributed by atoms with Gasteiger partial charge in [0.15, 0.2) is 0 Å². The second kappa shape index (κ2) is 9.80. The molecule has 5 nitrogen and oxygen atoms in total. The van der Waals surface area contributed by atoms with E-state index in [1.165, 1.54) is 0 Å². The highest BCUT2D eigenvalue weighted by Crippen LogP contribution is 1.76. The lowest BCUT2D eigenvalue weighted by atomic mass is 10.7. The lowest BCUT2D eigenvalue weighted by Gasteiger charge is -2.07. The largest absolute Gasteiger partial charge is 0.788 e. The van der Waals surface area contributed by atoms with Gasteiger partial charge in [0.05, 0.1) is 26.4 Å². The molecule has 0 heterocycles. The van der Waals surface area contributed by atoms with Gasteiger partial charge in [-0.25, -0.2) is 0 Å². The first-order valence-corrected chi connectivity index (χ1v) is 3.62. The number of nitrogens with one attached hydrogen (secondary N) is 1. The van der Waals surface area contributed by atoms with Crippen LogP contribution >= 0.6 is 0 Å². The van der Waals surface area contributed by atoms with Gasteiger partial charge in [-0.1, -0.05) is 0 Å². The van der Waals surface area contributed by atoms with Crippen molar-refractivity contribution < 1.29 is 9.47 Å². The number of rotatable bonds is 8. The molecule has 0 rings (SSSR count). The Morgan fingerprint density at radius 1 is 1.09 bits per heavy atom. The zero-order valence-electron chi connectivity index (χ0n) is 6.54. The fraction of sp³-hybridized carbons (Fsp3) is 1.00. The van der Waals surface area contributed by atoms with Crippen molar-refractivity contribution in [2.75, 3.05) is 39.5 Å². The van der Waals surface area contributed by atoms with Crippen molar-refractivity contribution >= 4 is 0 Å². The Balaban J connectivity index is 2.69. The third-order valence-corrected chi connectivity index (χ3v) is 0.983. The van der Waals surface area contributed by atoms with Gasteiger partial charge in [-0.3, -0.25) is 0 Å². The molecule has 11 heavy (non-hydrogen) atoms. The zero-order valence-corrected chi connectivity index (χ0v) is 6.54. The van der Waals surface area contributed by atoms with Crippen molar-refractivity contribution in [2.45, 2.75) is 0 Å². The van der Waals surface area contributed by atoms with E-state index >= 15 is 0 Å². The van der Waals surface area contributed by atoms with Gasteiger partial charge in [0.2, 0.25) is 0 Å². The molecule has 0 atom stereocenters. The highest BCUT2D eigenvalue weighted by atomic mass is 16.5. The summed E-state index contributed by atoms with van der Waals surface area (Å²) in [7, 11) is 0. The molecule has 5 heteroatoms. The van der Waals surface area contributed by atoms with E-state index in [1.807, 2.05) is 0 Å². The Hall–Kier alpha value is -0.200. The molecule has 3 N–H and O–H groups in total. The Labute approximate surface area is 66.4 Å². The van der Waals surface area contributed by atoms with Crippen LogP contribution in [-0.2, 0) is 9.47 Å². The summed E-state index contributed by atoms with van der Waals surface area (Å²) in [5.74, 6) is 0. The first kappa shape index (κ1) is 10.8. The molecular weight excluding hydrogens is 148 g/mol. The summed E-state index contributed by atoms with van der Waals surface area (Å²) in [5, 5.41) is 9.69.